The number of rotatable bonds is 3. The molecule has 0 aliphatic heterocycles. The van der Waals surface area contributed by atoms with Gasteiger partial charge < -0.3 is 0 Å². The first-order valence-electron chi connectivity index (χ1n) is 6.59. The lowest BCUT2D eigenvalue weighted by molar-refractivity contribution is 1.41. The second-order valence-electron chi connectivity index (χ2n) is 5.14. The fourth-order valence-electron chi connectivity index (χ4n) is 2.34. The van der Waals surface area contributed by atoms with Crippen molar-refractivity contribution in [3.05, 3.63) is 71.8 Å². The van der Waals surface area contributed by atoms with Crippen LogP contribution in [0.4, 0.5) is 0 Å². The Balaban J connectivity index is 2.69. The summed E-state index contributed by atoms with van der Waals surface area (Å²) in [6, 6.07) is 16.9. The van der Waals surface area contributed by atoms with E-state index in [1.807, 2.05) is 6.07 Å². The van der Waals surface area contributed by atoms with E-state index in [-0.39, 0.29) is 0 Å². The van der Waals surface area contributed by atoms with Crippen LogP contribution in [0.5, 0.6) is 0 Å². The molecule has 2 rings (SSSR count). The highest BCUT2D eigenvalue weighted by atomic mass is 14.1. The second-order valence-corrected chi connectivity index (χ2v) is 5.14. The maximum absolute atomic E-state index is 4.15. The molecule has 0 aromatic heterocycles. The monoisotopic (exact) mass is 248 g/mol. The summed E-state index contributed by atoms with van der Waals surface area (Å²) in [5.74, 6) is 0. The summed E-state index contributed by atoms with van der Waals surface area (Å²) >= 11 is 0. The highest BCUT2D eigenvalue weighted by Gasteiger charge is 2.09. The first kappa shape index (κ1) is 13.4. The minimum Gasteiger partial charge on any atom is -0.0955 e. The van der Waals surface area contributed by atoms with Gasteiger partial charge in [0.2, 0.25) is 0 Å². The molecule has 0 atom stereocenters. The minimum absolute atomic E-state index is 1.10. The van der Waals surface area contributed by atoms with Crippen molar-refractivity contribution >= 4 is 11.6 Å². The minimum atomic E-state index is 1.10. The fourth-order valence-corrected chi connectivity index (χ4v) is 2.34. The van der Waals surface area contributed by atoms with E-state index in [0.717, 1.165) is 5.57 Å². The Labute approximate surface area is 116 Å². The lowest BCUT2D eigenvalue weighted by Gasteiger charge is -2.13. The molecule has 0 N–H and O–H groups in total. The number of allylic oxidation sites excluding steroid dienone is 2. The van der Waals surface area contributed by atoms with E-state index in [4.69, 9.17) is 0 Å². The van der Waals surface area contributed by atoms with Gasteiger partial charge in [-0.05, 0) is 48.6 Å². The Bertz CT molecular complexity index is 612. The normalized spacial score (nSPS) is 10.1. The van der Waals surface area contributed by atoms with Gasteiger partial charge in [-0.1, -0.05) is 66.8 Å². The van der Waals surface area contributed by atoms with Crippen LogP contribution in [0.3, 0.4) is 0 Å². The van der Waals surface area contributed by atoms with Gasteiger partial charge in [0.25, 0.3) is 0 Å². The Morgan fingerprint density at radius 2 is 1.58 bits per heavy atom. The average Bonchev–Trinajstić information content (AvgIpc) is 2.38. The predicted octanol–water partition coefficient (Wildman–Crippen LogP) is 5.81. The third kappa shape index (κ3) is 3.03. The van der Waals surface area contributed by atoms with Gasteiger partial charge in [-0.3, -0.25) is 0 Å². The molecular formula is C19H20. The molecule has 96 valence electrons. The van der Waals surface area contributed by atoms with E-state index < -0.39 is 0 Å². The summed E-state index contributed by atoms with van der Waals surface area (Å²) in [5.41, 5.74) is 7.39. The molecule has 0 saturated carbocycles. The summed E-state index contributed by atoms with van der Waals surface area (Å²) < 4.78 is 0. The van der Waals surface area contributed by atoms with Crippen LogP contribution in [0.25, 0.3) is 22.8 Å². The van der Waals surface area contributed by atoms with E-state index in [1.165, 1.54) is 27.8 Å². The van der Waals surface area contributed by atoms with Crippen molar-refractivity contribution in [1.29, 1.82) is 0 Å². The van der Waals surface area contributed by atoms with Crippen molar-refractivity contribution in [2.75, 3.05) is 0 Å². The summed E-state index contributed by atoms with van der Waals surface area (Å²) in [7, 11) is 0. The molecule has 0 heterocycles. The van der Waals surface area contributed by atoms with Gasteiger partial charge in [0.15, 0.2) is 0 Å². The quantitative estimate of drug-likeness (QED) is 0.643. The standard InChI is InChI=1S/C19H20/c1-14(2)13-17-11-8-12-18(19(17)15(3)4)16-9-6-5-7-10-16/h5-13H,3H2,1-2,4H3. The zero-order valence-corrected chi connectivity index (χ0v) is 11.9. The van der Waals surface area contributed by atoms with Gasteiger partial charge in [0.05, 0.1) is 0 Å². The Hall–Kier alpha value is -2.08. The largest absolute Gasteiger partial charge is 0.0955 e. The molecule has 2 aromatic rings. The molecule has 19 heavy (non-hydrogen) atoms. The average molecular weight is 248 g/mol. The van der Waals surface area contributed by atoms with E-state index in [9.17, 15) is 0 Å². The Kier molecular flexibility index (Phi) is 4.01. The van der Waals surface area contributed by atoms with Crippen LogP contribution in [-0.4, -0.2) is 0 Å². The first-order chi connectivity index (χ1) is 9.09. The van der Waals surface area contributed by atoms with Gasteiger partial charge in [-0.2, -0.15) is 0 Å². The molecule has 0 unspecified atom stereocenters. The van der Waals surface area contributed by atoms with Crippen LogP contribution in [0, 0.1) is 0 Å². The van der Waals surface area contributed by atoms with Crippen LogP contribution in [-0.2, 0) is 0 Å². The van der Waals surface area contributed by atoms with Crippen molar-refractivity contribution in [3.8, 4) is 11.1 Å². The van der Waals surface area contributed by atoms with Crippen molar-refractivity contribution in [2.45, 2.75) is 20.8 Å². The number of hydrogen-bond donors (Lipinski definition) is 0. The van der Waals surface area contributed by atoms with Gasteiger partial charge in [-0.15, -0.1) is 0 Å². The molecule has 0 fully saturated rings. The smallest absolute Gasteiger partial charge is 0.00820 e. The molecule has 0 radical (unpaired) electrons. The molecule has 0 aliphatic carbocycles. The maximum atomic E-state index is 4.15. The van der Waals surface area contributed by atoms with Gasteiger partial charge >= 0.3 is 0 Å². The molecule has 0 nitrogen and oxygen atoms in total. The molecule has 0 heteroatoms. The van der Waals surface area contributed by atoms with Crippen molar-refractivity contribution < 1.29 is 0 Å². The maximum Gasteiger partial charge on any atom is -0.00820 e. The van der Waals surface area contributed by atoms with Crippen molar-refractivity contribution in [1.82, 2.24) is 0 Å². The van der Waals surface area contributed by atoms with Gasteiger partial charge in [0.1, 0.15) is 0 Å². The lowest BCUT2D eigenvalue weighted by Crippen LogP contribution is -1.91. The summed E-state index contributed by atoms with van der Waals surface area (Å²) in [6.07, 6.45) is 2.22. The zero-order chi connectivity index (χ0) is 13.8. The van der Waals surface area contributed by atoms with Crippen molar-refractivity contribution in [2.24, 2.45) is 0 Å². The highest BCUT2D eigenvalue weighted by Crippen LogP contribution is 2.32. The summed E-state index contributed by atoms with van der Waals surface area (Å²) in [4.78, 5) is 0. The number of benzene rings is 2. The first-order valence-corrected chi connectivity index (χ1v) is 6.59. The van der Waals surface area contributed by atoms with Crippen LogP contribution < -0.4 is 0 Å². The van der Waals surface area contributed by atoms with Crippen molar-refractivity contribution in [3.63, 3.8) is 0 Å². The van der Waals surface area contributed by atoms with Gasteiger partial charge in [-0.25, -0.2) is 0 Å². The van der Waals surface area contributed by atoms with Gasteiger partial charge in [0, 0.05) is 0 Å². The highest BCUT2D eigenvalue weighted by molar-refractivity contribution is 5.85. The van der Waals surface area contributed by atoms with E-state index in [1.54, 1.807) is 0 Å². The molecule has 0 bridgehead atoms. The summed E-state index contributed by atoms with van der Waals surface area (Å²) in [6.45, 7) is 10.5. The van der Waals surface area contributed by atoms with Crippen LogP contribution in [0.1, 0.15) is 31.9 Å². The van der Waals surface area contributed by atoms with Crippen LogP contribution in [0.15, 0.2) is 60.7 Å². The Morgan fingerprint density at radius 1 is 0.895 bits per heavy atom. The Morgan fingerprint density at radius 3 is 2.16 bits per heavy atom. The van der Waals surface area contributed by atoms with E-state index in [2.05, 4.69) is 75.9 Å². The topological polar surface area (TPSA) is 0 Å². The molecule has 0 spiro atoms. The molecule has 0 saturated heterocycles. The fraction of sp³-hybridized carbons (Fsp3) is 0.158. The molecule has 0 amide bonds. The molecular weight excluding hydrogens is 228 g/mol. The third-order valence-electron chi connectivity index (χ3n) is 3.05. The van der Waals surface area contributed by atoms with Crippen LogP contribution in [0.2, 0.25) is 0 Å². The van der Waals surface area contributed by atoms with E-state index >= 15 is 0 Å². The van der Waals surface area contributed by atoms with Crippen LogP contribution >= 0.6 is 0 Å². The SMILES string of the molecule is C=C(C)c1c(C=C(C)C)cccc1-c1ccccc1. The van der Waals surface area contributed by atoms with E-state index in [0.29, 0.717) is 0 Å². The second kappa shape index (κ2) is 5.71. The lowest BCUT2D eigenvalue weighted by atomic mass is 9.91. The predicted molar refractivity (Wildman–Crippen MR) is 85.9 cm³/mol. The molecule has 0 aliphatic rings. The number of hydrogen-bond acceptors (Lipinski definition) is 0. The third-order valence-corrected chi connectivity index (χ3v) is 3.05. The zero-order valence-electron chi connectivity index (χ0n) is 11.9. The summed E-state index contributed by atoms with van der Waals surface area (Å²) in [5, 5.41) is 0. The molecule has 2 aromatic carbocycles.